The van der Waals surface area contributed by atoms with Gasteiger partial charge in [0.1, 0.15) is 0 Å². The molecule has 2 fully saturated rings. The van der Waals surface area contributed by atoms with Crippen LogP contribution in [0.4, 0.5) is 0 Å². The molecule has 0 bridgehead atoms. The zero-order valence-electron chi connectivity index (χ0n) is 8.42. The number of ether oxygens (including phenoxy) is 2. The summed E-state index contributed by atoms with van der Waals surface area (Å²) in [5.41, 5.74) is 0.0733. The first-order valence-electron chi connectivity index (χ1n) is 5.29. The maximum atomic E-state index is 5.85. The Morgan fingerprint density at radius 1 is 1.23 bits per heavy atom. The van der Waals surface area contributed by atoms with Crippen LogP contribution in [0.2, 0.25) is 0 Å². The molecule has 0 radical (unpaired) electrons. The van der Waals surface area contributed by atoms with Crippen LogP contribution in [-0.4, -0.2) is 50.0 Å². The summed E-state index contributed by atoms with van der Waals surface area (Å²) >= 11 is 0. The fraction of sp³-hybridized carbons (Fsp3) is 1.00. The first-order valence-corrected chi connectivity index (χ1v) is 5.29. The van der Waals surface area contributed by atoms with Gasteiger partial charge < -0.3 is 14.4 Å². The minimum atomic E-state index is 0.0733. The third-order valence-electron chi connectivity index (χ3n) is 3.22. The highest BCUT2D eigenvalue weighted by molar-refractivity contribution is 4.88. The van der Waals surface area contributed by atoms with Crippen LogP contribution in [0.5, 0.6) is 0 Å². The summed E-state index contributed by atoms with van der Waals surface area (Å²) in [5.74, 6) is 0. The monoisotopic (exact) mass is 185 g/mol. The Morgan fingerprint density at radius 3 is 2.54 bits per heavy atom. The maximum Gasteiger partial charge on any atom is 0.0940 e. The molecule has 2 aliphatic heterocycles. The van der Waals surface area contributed by atoms with Crippen LogP contribution in [0.3, 0.4) is 0 Å². The lowest BCUT2D eigenvalue weighted by Crippen LogP contribution is -2.51. The van der Waals surface area contributed by atoms with Crippen molar-refractivity contribution in [1.82, 2.24) is 4.90 Å². The van der Waals surface area contributed by atoms with Crippen LogP contribution in [-0.2, 0) is 9.47 Å². The lowest BCUT2D eigenvalue weighted by atomic mass is 9.91. The molecule has 0 amide bonds. The van der Waals surface area contributed by atoms with E-state index < -0.39 is 0 Å². The number of nitrogens with zero attached hydrogens (tertiary/aromatic N) is 1. The summed E-state index contributed by atoms with van der Waals surface area (Å²) in [4.78, 5) is 2.48. The van der Waals surface area contributed by atoms with E-state index in [-0.39, 0.29) is 5.60 Å². The topological polar surface area (TPSA) is 21.7 Å². The van der Waals surface area contributed by atoms with Gasteiger partial charge in [-0.2, -0.15) is 0 Å². The quantitative estimate of drug-likeness (QED) is 0.605. The van der Waals surface area contributed by atoms with Gasteiger partial charge in [0.25, 0.3) is 0 Å². The Bertz CT molecular complexity index is 156. The summed E-state index contributed by atoms with van der Waals surface area (Å²) in [6, 6.07) is 0. The van der Waals surface area contributed by atoms with E-state index in [0.29, 0.717) is 0 Å². The van der Waals surface area contributed by atoms with Gasteiger partial charge in [-0.25, -0.2) is 0 Å². The van der Waals surface area contributed by atoms with Crippen LogP contribution in [0, 0.1) is 0 Å². The van der Waals surface area contributed by atoms with Crippen LogP contribution >= 0.6 is 0 Å². The third-order valence-corrected chi connectivity index (χ3v) is 3.22. The fourth-order valence-electron chi connectivity index (χ4n) is 2.18. The van der Waals surface area contributed by atoms with E-state index in [9.17, 15) is 0 Å². The second-order valence-corrected chi connectivity index (χ2v) is 4.02. The van der Waals surface area contributed by atoms with Crippen LogP contribution in [0.1, 0.15) is 19.8 Å². The van der Waals surface area contributed by atoms with Crippen molar-refractivity contribution in [3.05, 3.63) is 0 Å². The van der Waals surface area contributed by atoms with E-state index in [1.807, 2.05) is 0 Å². The average Bonchev–Trinajstić information content (AvgIpc) is 2.20. The molecular weight excluding hydrogens is 166 g/mol. The molecule has 0 aromatic heterocycles. The van der Waals surface area contributed by atoms with Gasteiger partial charge in [-0.3, -0.25) is 0 Å². The molecule has 13 heavy (non-hydrogen) atoms. The molecule has 0 saturated carbocycles. The van der Waals surface area contributed by atoms with E-state index in [0.717, 1.165) is 39.2 Å². The van der Waals surface area contributed by atoms with Crippen molar-refractivity contribution in [2.45, 2.75) is 25.4 Å². The first-order chi connectivity index (χ1) is 6.35. The van der Waals surface area contributed by atoms with Crippen molar-refractivity contribution in [2.24, 2.45) is 0 Å². The maximum absolute atomic E-state index is 5.85. The average molecular weight is 185 g/mol. The number of rotatable bonds is 1. The molecule has 0 aliphatic carbocycles. The van der Waals surface area contributed by atoms with E-state index in [2.05, 4.69) is 11.8 Å². The Morgan fingerprint density at radius 2 is 2.00 bits per heavy atom. The van der Waals surface area contributed by atoms with Gasteiger partial charge in [0.05, 0.1) is 25.4 Å². The minimum Gasteiger partial charge on any atom is -0.376 e. The van der Waals surface area contributed by atoms with E-state index in [1.54, 1.807) is 0 Å². The second-order valence-electron chi connectivity index (χ2n) is 4.02. The minimum absolute atomic E-state index is 0.0733. The molecule has 2 saturated heterocycles. The van der Waals surface area contributed by atoms with Gasteiger partial charge in [-0.1, -0.05) is 6.92 Å². The second kappa shape index (κ2) is 3.95. The predicted octanol–water partition coefficient (Wildman–Crippen LogP) is 0.888. The first kappa shape index (κ1) is 9.44. The molecule has 1 spiro atoms. The van der Waals surface area contributed by atoms with Crippen LogP contribution in [0.25, 0.3) is 0 Å². The van der Waals surface area contributed by atoms with Crippen molar-refractivity contribution in [1.29, 1.82) is 0 Å². The van der Waals surface area contributed by atoms with Crippen molar-refractivity contribution in [3.63, 3.8) is 0 Å². The van der Waals surface area contributed by atoms with E-state index >= 15 is 0 Å². The van der Waals surface area contributed by atoms with Crippen molar-refractivity contribution in [2.75, 3.05) is 39.5 Å². The molecule has 76 valence electrons. The summed E-state index contributed by atoms with van der Waals surface area (Å²) in [6.45, 7) is 8.09. The SMILES string of the molecule is CCN1CCC2(CC1)COCCO2. The predicted molar refractivity (Wildman–Crippen MR) is 50.9 cm³/mol. The number of likely N-dealkylation sites (tertiary alicyclic amines) is 1. The molecule has 0 aromatic rings. The van der Waals surface area contributed by atoms with Crippen molar-refractivity contribution < 1.29 is 9.47 Å². The standard InChI is InChI=1S/C10H19NO2/c1-2-11-5-3-10(4-6-11)9-12-7-8-13-10/h2-9H2,1H3. The number of piperidine rings is 1. The smallest absolute Gasteiger partial charge is 0.0940 e. The Kier molecular flexibility index (Phi) is 2.86. The number of hydrogen-bond donors (Lipinski definition) is 0. The van der Waals surface area contributed by atoms with Gasteiger partial charge >= 0.3 is 0 Å². The largest absolute Gasteiger partial charge is 0.376 e. The lowest BCUT2D eigenvalue weighted by Gasteiger charge is -2.43. The van der Waals surface area contributed by atoms with E-state index in [4.69, 9.17) is 9.47 Å². The molecule has 2 aliphatic rings. The van der Waals surface area contributed by atoms with Gasteiger partial charge in [0.15, 0.2) is 0 Å². The third kappa shape index (κ3) is 2.03. The molecule has 2 heterocycles. The van der Waals surface area contributed by atoms with Crippen LogP contribution < -0.4 is 0 Å². The molecule has 0 unspecified atom stereocenters. The zero-order chi connectivity index (χ0) is 9.15. The molecule has 0 aromatic carbocycles. The van der Waals surface area contributed by atoms with Gasteiger partial charge in [-0.15, -0.1) is 0 Å². The summed E-state index contributed by atoms with van der Waals surface area (Å²) < 4.78 is 11.3. The molecule has 0 atom stereocenters. The van der Waals surface area contributed by atoms with Gasteiger partial charge in [0.2, 0.25) is 0 Å². The van der Waals surface area contributed by atoms with Gasteiger partial charge in [0, 0.05) is 13.1 Å². The molecule has 2 rings (SSSR count). The summed E-state index contributed by atoms with van der Waals surface area (Å²) in [5, 5.41) is 0. The lowest BCUT2D eigenvalue weighted by molar-refractivity contribution is -0.176. The molecule has 0 N–H and O–H groups in total. The van der Waals surface area contributed by atoms with Crippen molar-refractivity contribution >= 4 is 0 Å². The number of hydrogen-bond acceptors (Lipinski definition) is 3. The highest BCUT2D eigenvalue weighted by Crippen LogP contribution is 2.28. The summed E-state index contributed by atoms with van der Waals surface area (Å²) in [6.07, 6.45) is 2.28. The normalized spacial score (nSPS) is 29.3. The molecular formula is C10H19NO2. The highest BCUT2D eigenvalue weighted by atomic mass is 16.6. The Hall–Kier alpha value is -0.120. The summed E-state index contributed by atoms with van der Waals surface area (Å²) in [7, 11) is 0. The zero-order valence-corrected chi connectivity index (χ0v) is 8.42. The molecule has 3 heteroatoms. The Balaban J connectivity index is 1.87. The van der Waals surface area contributed by atoms with Crippen LogP contribution in [0.15, 0.2) is 0 Å². The molecule has 3 nitrogen and oxygen atoms in total. The van der Waals surface area contributed by atoms with Gasteiger partial charge in [-0.05, 0) is 19.4 Å². The van der Waals surface area contributed by atoms with E-state index in [1.165, 1.54) is 13.1 Å². The van der Waals surface area contributed by atoms with Crippen molar-refractivity contribution in [3.8, 4) is 0 Å². The fourth-order valence-corrected chi connectivity index (χ4v) is 2.18. The highest BCUT2D eigenvalue weighted by Gasteiger charge is 2.37. The Labute approximate surface area is 80.0 Å².